The summed E-state index contributed by atoms with van der Waals surface area (Å²) in [5.41, 5.74) is 3.64. The van der Waals surface area contributed by atoms with E-state index in [1.165, 1.54) is 11.3 Å². The maximum atomic E-state index is 4.36. The maximum Gasteiger partial charge on any atom is 0.0948 e. The van der Waals surface area contributed by atoms with Gasteiger partial charge in [-0.2, -0.15) is 5.10 Å². The van der Waals surface area contributed by atoms with Gasteiger partial charge in [0.25, 0.3) is 0 Å². The van der Waals surface area contributed by atoms with Gasteiger partial charge in [-0.3, -0.25) is 4.90 Å². The number of para-hydroxylation sites is 1. The Morgan fingerprint density at radius 3 is 2.71 bits per heavy atom. The molecule has 3 aromatic rings. The fourth-order valence-electron chi connectivity index (χ4n) is 2.94. The molecule has 0 bridgehead atoms. The molecule has 0 spiro atoms. The second-order valence-corrected chi connectivity index (χ2v) is 6.68. The number of imidazole rings is 1. The lowest BCUT2D eigenvalue weighted by Gasteiger charge is -2.20. The molecule has 24 heavy (non-hydrogen) atoms. The number of hydrogen-bond donors (Lipinski definition) is 0. The zero-order valence-electron chi connectivity index (χ0n) is 14.6. The Morgan fingerprint density at radius 1 is 1.12 bits per heavy atom. The van der Waals surface area contributed by atoms with Crippen molar-refractivity contribution in [2.75, 3.05) is 7.05 Å². The van der Waals surface area contributed by atoms with Crippen LogP contribution in [0.5, 0.6) is 0 Å². The Morgan fingerprint density at radius 2 is 1.96 bits per heavy atom. The van der Waals surface area contributed by atoms with Crippen LogP contribution in [-0.4, -0.2) is 31.3 Å². The van der Waals surface area contributed by atoms with E-state index in [0.717, 1.165) is 25.3 Å². The highest BCUT2D eigenvalue weighted by atomic mass is 15.3. The van der Waals surface area contributed by atoms with Gasteiger partial charge in [-0.05, 0) is 30.7 Å². The van der Waals surface area contributed by atoms with Gasteiger partial charge in [0.1, 0.15) is 0 Å². The first kappa shape index (κ1) is 16.5. The monoisotopic (exact) mass is 323 g/mol. The van der Waals surface area contributed by atoms with Crippen LogP contribution < -0.4 is 0 Å². The molecule has 0 amide bonds. The van der Waals surface area contributed by atoms with Crippen molar-refractivity contribution in [3.63, 3.8) is 0 Å². The van der Waals surface area contributed by atoms with Gasteiger partial charge in [0.15, 0.2) is 0 Å². The van der Waals surface area contributed by atoms with Gasteiger partial charge >= 0.3 is 0 Å². The van der Waals surface area contributed by atoms with Crippen molar-refractivity contribution >= 4 is 0 Å². The standard InChI is InChI=1S/C19H25N5/c1-16(2)12-23-15-20-11-18(23)14-22(3)13-17-7-4-5-8-19(17)24-10-6-9-21-24/h4-11,15-16H,12-14H2,1-3H3. The molecule has 1 aromatic carbocycles. The quantitative estimate of drug-likeness (QED) is 0.669. The summed E-state index contributed by atoms with van der Waals surface area (Å²) in [6, 6.07) is 10.4. The van der Waals surface area contributed by atoms with Crippen molar-refractivity contribution in [2.45, 2.75) is 33.5 Å². The van der Waals surface area contributed by atoms with Crippen molar-refractivity contribution < 1.29 is 0 Å². The summed E-state index contributed by atoms with van der Waals surface area (Å²) in [6.45, 7) is 7.21. The van der Waals surface area contributed by atoms with Crippen LogP contribution >= 0.6 is 0 Å². The van der Waals surface area contributed by atoms with Crippen LogP contribution in [0.4, 0.5) is 0 Å². The highest BCUT2D eigenvalue weighted by molar-refractivity contribution is 5.40. The minimum Gasteiger partial charge on any atom is -0.333 e. The van der Waals surface area contributed by atoms with E-state index < -0.39 is 0 Å². The SMILES string of the molecule is CC(C)Cn1cncc1CN(C)Cc1ccccc1-n1cccn1. The van der Waals surface area contributed by atoms with Gasteiger partial charge in [0.2, 0.25) is 0 Å². The predicted octanol–water partition coefficient (Wildman–Crippen LogP) is 3.36. The van der Waals surface area contributed by atoms with Crippen LogP contribution in [0.3, 0.4) is 0 Å². The normalized spacial score (nSPS) is 11.5. The third-order valence-corrected chi connectivity index (χ3v) is 3.98. The van der Waals surface area contributed by atoms with E-state index in [2.05, 4.69) is 64.7 Å². The summed E-state index contributed by atoms with van der Waals surface area (Å²) in [5, 5.41) is 4.36. The van der Waals surface area contributed by atoms with Gasteiger partial charge in [0.05, 0.1) is 17.7 Å². The van der Waals surface area contributed by atoms with E-state index >= 15 is 0 Å². The molecule has 0 unspecified atom stereocenters. The zero-order chi connectivity index (χ0) is 16.9. The van der Waals surface area contributed by atoms with Crippen LogP contribution in [0.15, 0.2) is 55.2 Å². The lowest BCUT2D eigenvalue weighted by atomic mass is 10.1. The van der Waals surface area contributed by atoms with Crippen molar-refractivity contribution in [3.8, 4) is 5.69 Å². The maximum absolute atomic E-state index is 4.36. The first-order chi connectivity index (χ1) is 11.6. The van der Waals surface area contributed by atoms with Crippen molar-refractivity contribution in [2.24, 2.45) is 5.92 Å². The van der Waals surface area contributed by atoms with E-state index in [9.17, 15) is 0 Å². The van der Waals surface area contributed by atoms with Crippen LogP contribution in [-0.2, 0) is 19.6 Å². The summed E-state index contributed by atoms with van der Waals surface area (Å²) in [5.74, 6) is 0.615. The molecule has 126 valence electrons. The fourth-order valence-corrected chi connectivity index (χ4v) is 2.94. The highest BCUT2D eigenvalue weighted by Gasteiger charge is 2.10. The molecular formula is C19H25N5. The molecule has 0 aliphatic rings. The average Bonchev–Trinajstić information content (AvgIpc) is 3.20. The molecular weight excluding hydrogens is 298 g/mol. The van der Waals surface area contributed by atoms with Crippen LogP contribution in [0.2, 0.25) is 0 Å². The third kappa shape index (κ3) is 3.92. The summed E-state index contributed by atoms with van der Waals surface area (Å²) in [7, 11) is 2.15. The number of benzene rings is 1. The lowest BCUT2D eigenvalue weighted by molar-refractivity contribution is 0.306. The topological polar surface area (TPSA) is 38.9 Å². The van der Waals surface area contributed by atoms with Gasteiger partial charge < -0.3 is 4.57 Å². The Labute approximate surface area is 143 Å². The van der Waals surface area contributed by atoms with E-state index in [4.69, 9.17) is 0 Å². The predicted molar refractivity (Wildman–Crippen MR) is 95.8 cm³/mol. The molecule has 0 N–H and O–H groups in total. The molecule has 0 radical (unpaired) electrons. The molecule has 5 heteroatoms. The smallest absolute Gasteiger partial charge is 0.0948 e. The van der Waals surface area contributed by atoms with Gasteiger partial charge in [-0.15, -0.1) is 0 Å². The number of nitrogens with zero attached hydrogens (tertiary/aromatic N) is 5. The summed E-state index contributed by atoms with van der Waals surface area (Å²) < 4.78 is 4.17. The van der Waals surface area contributed by atoms with Crippen molar-refractivity contribution in [1.29, 1.82) is 0 Å². The van der Waals surface area contributed by atoms with E-state index in [1.54, 1.807) is 0 Å². The third-order valence-electron chi connectivity index (χ3n) is 3.98. The average molecular weight is 323 g/mol. The summed E-state index contributed by atoms with van der Waals surface area (Å²) >= 11 is 0. The van der Waals surface area contributed by atoms with Crippen molar-refractivity contribution in [1.82, 2.24) is 24.2 Å². The molecule has 5 nitrogen and oxygen atoms in total. The first-order valence-corrected chi connectivity index (χ1v) is 8.39. The van der Waals surface area contributed by atoms with E-state index in [0.29, 0.717) is 5.92 Å². The number of rotatable bonds is 7. The van der Waals surface area contributed by atoms with Crippen LogP contribution in [0, 0.1) is 5.92 Å². The molecule has 0 saturated heterocycles. The summed E-state index contributed by atoms with van der Waals surface area (Å²) in [6.07, 6.45) is 7.70. The minimum atomic E-state index is 0.615. The molecule has 2 aromatic heterocycles. The second kappa shape index (κ2) is 7.45. The first-order valence-electron chi connectivity index (χ1n) is 8.39. The Hall–Kier alpha value is -2.40. The largest absolute Gasteiger partial charge is 0.333 e. The van der Waals surface area contributed by atoms with Gasteiger partial charge in [-0.25, -0.2) is 9.67 Å². The van der Waals surface area contributed by atoms with E-state index in [-0.39, 0.29) is 0 Å². The number of aromatic nitrogens is 4. The molecule has 0 aliphatic heterocycles. The van der Waals surface area contributed by atoms with Crippen LogP contribution in [0.1, 0.15) is 25.1 Å². The number of hydrogen-bond acceptors (Lipinski definition) is 3. The molecule has 3 rings (SSSR count). The molecule has 2 heterocycles. The Kier molecular flexibility index (Phi) is 5.11. The van der Waals surface area contributed by atoms with Crippen LogP contribution in [0.25, 0.3) is 5.69 Å². The summed E-state index contributed by atoms with van der Waals surface area (Å²) in [4.78, 5) is 6.63. The zero-order valence-corrected chi connectivity index (χ0v) is 14.6. The second-order valence-electron chi connectivity index (χ2n) is 6.68. The highest BCUT2D eigenvalue weighted by Crippen LogP contribution is 2.16. The Balaban J connectivity index is 1.72. The fraction of sp³-hybridized carbons (Fsp3) is 0.368. The van der Waals surface area contributed by atoms with E-state index in [1.807, 2.05) is 35.7 Å². The van der Waals surface area contributed by atoms with Crippen molar-refractivity contribution in [3.05, 3.63) is 66.5 Å². The molecule has 0 saturated carbocycles. The Bertz CT molecular complexity index is 758. The molecule has 0 fully saturated rings. The van der Waals surface area contributed by atoms with Gasteiger partial charge in [-0.1, -0.05) is 32.0 Å². The minimum absolute atomic E-state index is 0.615. The van der Waals surface area contributed by atoms with Gasteiger partial charge in [0, 0.05) is 38.2 Å². The molecule has 0 atom stereocenters. The lowest BCUT2D eigenvalue weighted by Crippen LogP contribution is -2.21. The molecule has 0 aliphatic carbocycles.